The molecule has 0 aliphatic rings. The van der Waals surface area contributed by atoms with Gasteiger partial charge < -0.3 is 10.5 Å². The molecule has 7 nitrogen and oxygen atoms in total. The molecule has 0 bridgehead atoms. The van der Waals surface area contributed by atoms with E-state index in [1.165, 1.54) is 16.4 Å². The number of hydrogen-bond acceptors (Lipinski definition) is 6. The summed E-state index contributed by atoms with van der Waals surface area (Å²) in [6, 6.07) is 7.33. The Bertz CT molecular complexity index is 557. The van der Waals surface area contributed by atoms with E-state index in [-0.39, 0.29) is 5.75 Å². The summed E-state index contributed by atoms with van der Waals surface area (Å²) in [7, 11) is 1.57. The minimum absolute atomic E-state index is 0.121. The summed E-state index contributed by atoms with van der Waals surface area (Å²) in [5.74, 6) is 0.343. The number of carbonyl (C=O) groups is 1. The van der Waals surface area contributed by atoms with Gasteiger partial charge in [-0.05, 0) is 22.6 Å². The van der Waals surface area contributed by atoms with Gasteiger partial charge in [-0.3, -0.25) is 4.79 Å². The topological polar surface area (TPSA) is 95.9 Å². The predicted octanol–water partition coefficient (Wildman–Crippen LogP) is 0.248. The molecule has 1 aromatic carbocycles. The average molecular weight is 265 g/mol. The van der Waals surface area contributed by atoms with E-state index < -0.39 is 5.91 Å². The third-order valence-corrected chi connectivity index (χ3v) is 3.04. The highest BCUT2D eigenvalue weighted by atomic mass is 32.2. The molecule has 0 saturated heterocycles. The van der Waals surface area contributed by atoms with Crippen LogP contribution in [0.25, 0.3) is 5.69 Å². The van der Waals surface area contributed by atoms with Gasteiger partial charge in [-0.25, -0.2) is 0 Å². The number of amides is 1. The molecule has 0 radical (unpaired) electrons. The molecule has 0 aliphatic heterocycles. The maximum absolute atomic E-state index is 10.8. The molecule has 0 unspecified atom stereocenters. The lowest BCUT2D eigenvalue weighted by atomic mass is 10.3. The molecule has 0 saturated carbocycles. The Morgan fingerprint density at radius 2 is 2.28 bits per heavy atom. The lowest BCUT2D eigenvalue weighted by Crippen LogP contribution is -2.13. The molecule has 1 aromatic heterocycles. The Hall–Kier alpha value is -2.09. The molecule has 1 heterocycles. The van der Waals surface area contributed by atoms with Crippen molar-refractivity contribution in [3.05, 3.63) is 24.3 Å². The van der Waals surface area contributed by atoms with Crippen LogP contribution in [-0.4, -0.2) is 39.0 Å². The number of benzene rings is 1. The van der Waals surface area contributed by atoms with Gasteiger partial charge in [0, 0.05) is 0 Å². The Balaban J connectivity index is 2.33. The summed E-state index contributed by atoms with van der Waals surface area (Å²) >= 11 is 1.17. The first-order valence-corrected chi connectivity index (χ1v) is 6.04. The second-order valence-corrected chi connectivity index (χ2v) is 4.24. The van der Waals surface area contributed by atoms with Crippen LogP contribution in [0.3, 0.4) is 0 Å². The van der Waals surface area contributed by atoms with E-state index in [0.717, 1.165) is 0 Å². The van der Waals surface area contributed by atoms with Crippen LogP contribution in [0.5, 0.6) is 5.75 Å². The van der Waals surface area contributed by atoms with Gasteiger partial charge in [-0.2, -0.15) is 4.68 Å². The molecule has 1 amide bonds. The number of methoxy groups -OCH3 is 1. The zero-order valence-electron chi connectivity index (χ0n) is 9.61. The zero-order valence-corrected chi connectivity index (χ0v) is 10.4. The van der Waals surface area contributed by atoms with E-state index in [4.69, 9.17) is 10.5 Å². The monoisotopic (exact) mass is 265 g/mol. The maximum Gasteiger partial charge on any atom is 0.227 e. The van der Waals surface area contributed by atoms with Crippen molar-refractivity contribution >= 4 is 17.7 Å². The summed E-state index contributed by atoms with van der Waals surface area (Å²) in [5, 5.41) is 11.8. The number of para-hydroxylation sites is 2. The summed E-state index contributed by atoms with van der Waals surface area (Å²) in [4.78, 5) is 10.8. The number of thioether (sulfide) groups is 1. The fourth-order valence-corrected chi connectivity index (χ4v) is 1.98. The van der Waals surface area contributed by atoms with Crippen molar-refractivity contribution in [2.45, 2.75) is 5.16 Å². The van der Waals surface area contributed by atoms with Crippen molar-refractivity contribution in [1.29, 1.82) is 0 Å². The van der Waals surface area contributed by atoms with E-state index in [1.807, 2.05) is 18.2 Å². The molecule has 2 rings (SSSR count). The first-order chi connectivity index (χ1) is 8.72. The minimum Gasteiger partial charge on any atom is -0.494 e. The molecular formula is C10H11N5O2S. The van der Waals surface area contributed by atoms with Crippen LogP contribution < -0.4 is 10.5 Å². The van der Waals surface area contributed by atoms with E-state index in [2.05, 4.69) is 15.5 Å². The number of nitrogens with zero attached hydrogens (tertiary/aromatic N) is 4. The van der Waals surface area contributed by atoms with Crippen molar-refractivity contribution in [3.63, 3.8) is 0 Å². The number of tetrazole rings is 1. The molecule has 0 atom stereocenters. The molecule has 18 heavy (non-hydrogen) atoms. The molecule has 0 spiro atoms. The molecule has 0 aliphatic carbocycles. The number of rotatable bonds is 5. The summed E-state index contributed by atoms with van der Waals surface area (Å²) < 4.78 is 6.74. The van der Waals surface area contributed by atoms with Crippen molar-refractivity contribution < 1.29 is 9.53 Å². The van der Waals surface area contributed by atoms with Crippen LogP contribution in [0.1, 0.15) is 0 Å². The number of carbonyl (C=O) groups excluding carboxylic acids is 1. The quantitative estimate of drug-likeness (QED) is 0.778. The number of ether oxygens (including phenoxy) is 1. The van der Waals surface area contributed by atoms with Crippen LogP contribution in [-0.2, 0) is 4.79 Å². The van der Waals surface area contributed by atoms with Crippen LogP contribution >= 0.6 is 11.8 Å². The second kappa shape index (κ2) is 5.50. The van der Waals surface area contributed by atoms with Crippen molar-refractivity contribution in [2.75, 3.05) is 12.9 Å². The first kappa shape index (κ1) is 12.4. The van der Waals surface area contributed by atoms with Crippen LogP contribution in [0.15, 0.2) is 29.4 Å². The predicted molar refractivity (Wildman–Crippen MR) is 65.6 cm³/mol. The molecule has 0 fully saturated rings. The number of aromatic nitrogens is 4. The molecule has 2 N–H and O–H groups in total. The maximum atomic E-state index is 10.8. The minimum atomic E-state index is -0.422. The van der Waals surface area contributed by atoms with Crippen LogP contribution in [0.4, 0.5) is 0 Å². The van der Waals surface area contributed by atoms with Crippen LogP contribution in [0.2, 0.25) is 0 Å². The number of hydrogen-bond donors (Lipinski definition) is 1. The highest BCUT2D eigenvalue weighted by Crippen LogP contribution is 2.25. The van der Waals surface area contributed by atoms with E-state index in [1.54, 1.807) is 13.2 Å². The van der Waals surface area contributed by atoms with Crippen molar-refractivity contribution in [3.8, 4) is 11.4 Å². The van der Waals surface area contributed by atoms with Gasteiger partial charge in [0.2, 0.25) is 11.1 Å². The van der Waals surface area contributed by atoms with Gasteiger partial charge in [-0.1, -0.05) is 23.9 Å². The third kappa shape index (κ3) is 2.59. The highest BCUT2D eigenvalue weighted by Gasteiger charge is 2.13. The fraction of sp³-hybridized carbons (Fsp3) is 0.200. The van der Waals surface area contributed by atoms with E-state index in [0.29, 0.717) is 16.6 Å². The smallest absolute Gasteiger partial charge is 0.227 e. The highest BCUT2D eigenvalue weighted by molar-refractivity contribution is 7.99. The Labute approximate surface area is 107 Å². The van der Waals surface area contributed by atoms with E-state index >= 15 is 0 Å². The SMILES string of the molecule is COc1ccccc1-n1nnnc1SCC(N)=O. The molecule has 94 valence electrons. The van der Waals surface area contributed by atoms with Gasteiger partial charge in [0.15, 0.2) is 0 Å². The number of primary amides is 1. The van der Waals surface area contributed by atoms with Gasteiger partial charge in [0.25, 0.3) is 0 Å². The number of nitrogens with two attached hydrogens (primary N) is 1. The van der Waals surface area contributed by atoms with Crippen LogP contribution in [0, 0.1) is 0 Å². The fourth-order valence-electron chi connectivity index (χ4n) is 1.36. The Kier molecular flexibility index (Phi) is 3.78. The summed E-state index contributed by atoms with van der Waals surface area (Å²) in [6.45, 7) is 0. The van der Waals surface area contributed by atoms with Gasteiger partial charge in [0.1, 0.15) is 11.4 Å². The Morgan fingerprint density at radius 3 is 3.00 bits per heavy atom. The van der Waals surface area contributed by atoms with Gasteiger partial charge in [0.05, 0.1) is 12.9 Å². The Morgan fingerprint density at radius 1 is 1.50 bits per heavy atom. The zero-order chi connectivity index (χ0) is 13.0. The normalized spacial score (nSPS) is 10.3. The first-order valence-electron chi connectivity index (χ1n) is 5.05. The molecule has 8 heteroatoms. The van der Waals surface area contributed by atoms with Gasteiger partial charge in [-0.15, -0.1) is 5.10 Å². The van der Waals surface area contributed by atoms with Crippen molar-refractivity contribution in [2.24, 2.45) is 5.73 Å². The average Bonchev–Trinajstić information content (AvgIpc) is 2.84. The molecular weight excluding hydrogens is 254 g/mol. The lowest BCUT2D eigenvalue weighted by molar-refractivity contribution is -0.115. The lowest BCUT2D eigenvalue weighted by Gasteiger charge is -2.08. The second-order valence-electron chi connectivity index (χ2n) is 3.30. The third-order valence-electron chi connectivity index (χ3n) is 2.10. The molecule has 2 aromatic rings. The standard InChI is InChI=1S/C10H11N5O2S/c1-17-8-5-3-2-4-7(8)15-10(12-13-14-15)18-6-9(11)16/h2-5H,6H2,1H3,(H2,11,16). The van der Waals surface area contributed by atoms with Gasteiger partial charge >= 0.3 is 0 Å². The summed E-state index contributed by atoms with van der Waals surface area (Å²) in [6.07, 6.45) is 0. The largest absolute Gasteiger partial charge is 0.494 e. The van der Waals surface area contributed by atoms with E-state index in [9.17, 15) is 4.79 Å². The van der Waals surface area contributed by atoms with Crippen molar-refractivity contribution in [1.82, 2.24) is 20.2 Å². The summed E-state index contributed by atoms with van der Waals surface area (Å²) in [5.41, 5.74) is 5.80.